The van der Waals surface area contributed by atoms with Crippen LogP contribution in [0.3, 0.4) is 0 Å². The van der Waals surface area contributed by atoms with Crippen LogP contribution in [0.25, 0.3) is 22.9 Å². The fraction of sp³-hybridized carbons (Fsp3) is 0.316. The van der Waals surface area contributed by atoms with E-state index in [0.717, 1.165) is 22.9 Å². The fourth-order valence-corrected chi connectivity index (χ4v) is 5.65. The molecule has 4 aromatic heterocycles. The van der Waals surface area contributed by atoms with Crippen molar-refractivity contribution >= 4 is 26.5 Å². The summed E-state index contributed by atoms with van der Waals surface area (Å²) in [7, 11) is -0.424. The number of hydrogen-bond donors (Lipinski definition) is 0. The van der Waals surface area contributed by atoms with Gasteiger partial charge >= 0.3 is 19.8 Å². The first-order valence-electron chi connectivity index (χ1n) is 16.0. The zero-order valence-corrected chi connectivity index (χ0v) is 34.9. The van der Waals surface area contributed by atoms with Gasteiger partial charge in [0.1, 0.15) is 0 Å². The molecule has 6 aromatic rings. The van der Waals surface area contributed by atoms with Crippen LogP contribution < -0.4 is 20.8 Å². The van der Waals surface area contributed by atoms with Crippen molar-refractivity contribution in [1.82, 2.24) is 40.6 Å². The predicted molar refractivity (Wildman–Crippen MR) is 207 cm³/mol. The minimum Gasteiger partial charge on any atom is -0.573 e. The second kappa shape index (κ2) is 20.3. The van der Waals surface area contributed by atoms with Gasteiger partial charge in [-0.15, -0.1) is 0 Å². The van der Waals surface area contributed by atoms with Gasteiger partial charge in [-0.25, -0.2) is 0 Å². The van der Waals surface area contributed by atoms with Gasteiger partial charge in [0.2, 0.25) is 0 Å². The van der Waals surface area contributed by atoms with Crippen LogP contribution in [-0.2, 0) is 30.6 Å². The first kappa shape index (κ1) is 41.7. The Morgan fingerprint density at radius 3 is 1.51 bits per heavy atom. The maximum atomic E-state index is 4.33. The molecule has 0 saturated carbocycles. The SMILES string of the molecule is CC(C)(C)c1cc(-c2ccccn2)[n-]n1.CC(C)(C)c1n[n-]c(-c2cccnn2)n1.C[PH+](C)c1ccccc1.C[PH+](C)c1ccccc1.[Os+2]. The normalized spacial score (nSPS) is 10.9. The van der Waals surface area contributed by atoms with E-state index in [4.69, 9.17) is 0 Å². The van der Waals surface area contributed by atoms with Crippen LogP contribution in [0, 0.1) is 0 Å². The van der Waals surface area contributed by atoms with Crippen molar-refractivity contribution in [3.8, 4) is 22.9 Å². The summed E-state index contributed by atoms with van der Waals surface area (Å²) in [6.45, 7) is 21.7. The molecule has 0 aliphatic carbocycles. The molecule has 258 valence electrons. The largest absolute Gasteiger partial charge is 2.00 e. The summed E-state index contributed by atoms with van der Waals surface area (Å²) < 4.78 is 0. The molecule has 0 fully saturated rings. The van der Waals surface area contributed by atoms with Crippen LogP contribution in [0.15, 0.2) is 109 Å². The van der Waals surface area contributed by atoms with E-state index in [1.807, 2.05) is 51.1 Å². The van der Waals surface area contributed by atoms with Crippen LogP contribution in [0.5, 0.6) is 0 Å². The minimum absolute atomic E-state index is 0. The third kappa shape index (κ3) is 14.5. The molecule has 11 heteroatoms. The van der Waals surface area contributed by atoms with E-state index in [0.29, 0.717) is 11.5 Å². The third-order valence-electron chi connectivity index (χ3n) is 6.86. The van der Waals surface area contributed by atoms with Crippen molar-refractivity contribution in [3.63, 3.8) is 0 Å². The molecule has 2 aromatic carbocycles. The summed E-state index contributed by atoms with van der Waals surface area (Å²) in [5.41, 5.74) is 3.33. The number of nitrogens with zero attached hydrogens (tertiary/aromatic N) is 8. The van der Waals surface area contributed by atoms with Crippen molar-refractivity contribution in [2.45, 2.75) is 52.4 Å². The molecule has 8 nitrogen and oxygen atoms in total. The molecule has 0 bridgehead atoms. The Balaban J connectivity index is 0.000000232. The Labute approximate surface area is 308 Å². The van der Waals surface area contributed by atoms with Gasteiger partial charge in [-0.2, -0.15) is 10.2 Å². The van der Waals surface area contributed by atoms with Crippen molar-refractivity contribution in [2.75, 3.05) is 26.7 Å². The number of rotatable bonds is 4. The number of aromatic nitrogens is 8. The monoisotopic (exact) mass is 872 g/mol. The van der Waals surface area contributed by atoms with E-state index in [9.17, 15) is 0 Å². The van der Waals surface area contributed by atoms with Gasteiger partial charge in [0, 0.05) is 56.3 Å². The summed E-state index contributed by atoms with van der Waals surface area (Å²) >= 11 is 0. The quantitative estimate of drug-likeness (QED) is 0.172. The maximum Gasteiger partial charge on any atom is 2.00 e. The predicted octanol–water partition coefficient (Wildman–Crippen LogP) is 7.16. The van der Waals surface area contributed by atoms with E-state index in [2.05, 4.69) is 149 Å². The van der Waals surface area contributed by atoms with Crippen molar-refractivity contribution in [3.05, 3.63) is 121 Å². The van der Waals surface area contributed by atoms with Gasteiger partial charge < -0.3 is 20.3 Å². The Morgan fingerprint density at radius 2 is 1.12 bits per heavy atom. The van der Waals surface area contributed by atoms with Crippen LogP contribution >= 0.6 is 15.8 Å². The van der Waals surface area contributed by atoms with Crippen LogP contribution in [-0.4, -0.2) is 57.0 Å². The molecule has 0 spiro atoms. The van der Waals surface area contributed by atoms with Crippen LogP contribution in [0.1, 0.15) is 53.1 Å². The molecule has 4 heterocycles. The summed E-state index contributed by atoms with van der Waals surface area (Å²) in [4.78, 5) is 8.57. The van der Waals surface area contributed by atoms with Gasteiger partial charge in [0.15, 0.2) is 0 Å². The molecule has 0 amide bonds. The number of hydrogen-bond acceptors (Lipinski definition) is 6. The van der Waals surface area contributed by atoms with Gasteiger partial charge in [-0.05, 0) is 54.4 Å². The van der Waals surface area contributed by atoms with E-state index >= 15 is 0 Å². The smallest absolute Gasteiger partial charge is 0.573 e. The molecule has 0 saturated heterocycles. The maximum absolute atomic E-state index is 4.33. The summed E-state index contributed by atoms with van der Waals surface area (Å²) in [5.74, 6) is 1.26. The molecular formula is C38H50N8OsP2+2. The molecule has 0 N–H and O–H groups in total. The van der Waals surface area contributed by atoms with Crippen molar-refractivity contribution < 1.29 is 19.8 Å². The summed E-state index contributed by atoms with van der Waals surface area (Å²) in [6.07, 6.45) is 3.38. The van der Waals surface area contributed by atoms with Crippen LogP contribution in [0.4, 0.5) is 0 Å². The Morgan fingerprint density at radius 1 is 0.571 bits per heavy atom. The second-order valence-corrected chi connectivity index (χ2v) is 18.8. The molecule has 49 heavy (non-hydrogen) atoms. The molecular weight excluding hydrogens is 821 g/mol. The number of pyridine rings is 1. The van der Waals surface area contributed by atoms with Crippen molar-refractivity contribution in [2.24, 2.45) is 0 Å². The Kier molecular flexibility index (Phi) is 17.2. The molecule has 0 unspecified atom stereocenters. The Hall–Kier alpha value is -3.48. The minimum atomic E-state index is -0.212. The molecule has 0 atom stereocenters. The van der Waals surface area contributed by atoms with Crippen LogP contribution in [0.2, 0.25) is 0 Å². The summed E-state index contributed by atoms with van der Waals surface area (Å²) in [6, 6.07) is 32.8. The zero-order chi connectivity index (χ0) is 35.2. The van der Waals surface area contributed by atoms with E-state index in [-0.39, 0.29) is 46.5 Å². The Bertz CT molecular complexity index is 1600. The molecule has 0 aliphatic rings. The van der Waals surface area contributed by atoms with E-state index < -0.39 is 0 Å². The average molecular weight is 871 g/mol. The van der Waals surface area contributed by atoms with Crippen molar-refractivity contribution in [1.29, 1.82) is 0 Å². The van der Waals surface area contributed by atoms with E-state index in [1.54, 1.807) is 18.5 Å². The van der Waals surface area contributed by atoms with E-state index in [1.165, 1.54) is 10.6 Å². The average Bonchev–Trinajstić information content (AvgIpc) is 3.79. The molecule has 0 aliphatic heterocycles. The first-order chi connectivity index (χ1) is 22.8. The molecule has 6 rings (SSSR count). The molecule has 0 radical (unpaired) electrons. The third-order valence-corrected chi connectivity index (χ3v) is 9.84. The van der Waals surface area contributed by atoms with Gasteiger partial charge in [-0.3, -0.25) is 10.1 Å². The second-order valence-electron chi connectivity index (χ2n) is 13.6. The fourth-order valence-electron chi connectivity index (χ4n) is 3.93. The standard InChI is InChI=1S/C12H14N3.C10H12N5.2C8H11P.Os/c1-12(2,3)11-8-10(14-15-11)9-6-4-5-7-13-9;1-10(2,3)9-12-8(14-15-9)7-5-4-6-11-13-7;2*1-9(2)8-6-4-3-5-7-8;/h4-8H,1-3H3;4-6H,1-3H3;2*3-7H,1-2H3;/q2*-1;;;+2/p+2. The van der Waals surface area contributed by atoms with Gasteiger partial charge in [-0.1, -0.05) is 95.8 Å². The van der Waals surface area contributed by atoms with Gasteiger partial charge in [0.05, 0.1) is 43.0 Å². The van der Waals surface area contributed by atoms with Gasteiger partial charge in [0.25, 0.3) is 0 Å². The number of benzene rings is 2. The first-order valence-corrected chi connectivity index (χ1v) is 21.0. The zero-order valence-electron chi connectivity index (χ0n) is 30.3. The summed E-state index contributed by atoms with van der Waals surface area (Å²) in [5, 5.41) is 27.1. The topological polar surface area (TPSA) is 106 Å².